The minimum atomic E-state index is -0.877. The molecule has 0 aliphatic carbocycles. The summed E-state index contributed by atoms with van der Waals surface area (Å²) in [5.41, 5.74) is 2.36. The fraction of sp³-hybridized carbons (Fsp3) is 0.320. The third-order valence-electron chi connectivity index (χ3n) is 4.96. The summed E-state index contributed by atoms with van der Waals surface area (Å²) < 4.78 is 5.49. The first-order chi connectivity index (χ1) is 14.0. The number of hydrogen-bond donors (Lipinski definition) is 1. The maximum absolute atomic E-state index is 12.3. The van der Waals surface area contributed by atoms with Gasteiger partial charge in [-0.2, -0.15) is 0 Å². The van der Waals surface area contributed by atoms with Gasteiger partial charge in [0.1, 0.15) is 11.9 Å². The standard InChI is InChI=1S/C25H29NO3/c1-18(27)24-23(21-14-7-8-15-22(21)25(28)29-24)20-13-10-12-19(17-20)11-6-4-5-9-16-26(2)3/h6-8,10-15,17-18,27H,4-5,9,16H2,1-3H3. The third kappa shape index (κ3) is 5.22. The minimum absolute atomic E-state index is 0.304. The summed E-state index contributed by atoms with van der Waals surface area (Å²) in [6.07, 6.45) is 6.84. The van der Waals surface area contributed by atoms with Gasteiger partial charge in [-0.1, -0.05) is 48.6 Å². The number of unbranched alkanes of at least 4 members (excludes halogenated alkanes) is 2. The van der Waals surface area contributed by atoms with Crippen LogP contribution in [0.5, 0.6) is 0 Å². The van der Waals surface area contributed by atoms with Crippen LogP contribution in [0.3, 0.4) is 0 Å². The molecule has 0 bridgehead atoms. The Morgan fingerprint density at radius 2 is 1.83 bits per heavy atom. The molecule has 0 saturated heterocycles. The van der Waals surface area contributed by atoms with Crippen molar-refractivity contribution in [3.63, 3.8) is 0 Å². The Hall–Kier alpha value is -2.69. The molecule has 0 saturated carbocycles. The molecular formula is C25H29NO3. The van der Waals surface area contributed by atoms with Crippen molar-refractivity contribution < 1.29 is 9.52 Å². The van der Waals surface area contributed by atoms with Crippen LogP contribution in [0.1, 0.15) is 43.6 Å². The Kier molecular flexibility index (Phi) is 7.02. The van der Waals surface area contributed by atoms with E-state index >= 15 is 0 Å². The maximum Gasteiger partial charge on any atom is 0.343 e. The van der Waals surface area contributed by atoms with Crippen molar-refractivity contribution in [1.29, 1.82) is 0 Å². The summed E-state index contributed by atoms with van der Waals surface area (Å²) in [5.74, 6) is 0.304. The predicted molar refractivity (Wildman–Crippen MR) is 120 cm³/mol. The summed E-state index contributed by atoms with van der Waals surface area (Å²) >= 11 is 0. The van der Waals surface area contributed by atoms with Crippen molar-refractivity contribution in [2.45, 2.75) is 32.3 Å². The molecule has 1 aromatic heterocycles. The average Bonchev–Trinajstić information content (AvgIpc) is 2.70. The number of aliphatic hydroxyl groups excluding tert-OH is 1. The molecule has 29 heavy (non-hydrogen) atoms. The van der Waals surface area contributed by atoms with Crippen molar-refractivity contribution in [1.82, 2.24) is 4.90 Å². The van der Waals surface area contributed by atoms with E-state index in [2.05, 4.69) is 43.3 Å². The van der Waals surface area contributed by atoms with Crippen LogP contribution in [0.25, 0.3) is 28.0 Å². The smallest absolute Gasteiger partial charge is 0.343 e. The van der Waals surface area contributed by atoms with Crippen LogP contribution in [0.4, 0.5) is 0 Å². The molecule has 4 nitrogen and oxygen atoms in total. The van der Waals surface area contributed by atoms with Gasteiger partial charge in [0.15, 0.2) is 0 Å². The Bertz CT molecular complexity index is 1050. The Labute approximate surface area is 172 Å². The second kappa shape index (κ2) is 9.68. The average molecular weight is 392 g/mol. The molecule has 1 atom stereocenters. The van der Waals surface area contributed by atoms with Crippen LogP contribution in [0, 0.1) is 0 Å². The van der Waals surface area contributed by atoms with Gasteiger partial charge in [-0.25, -0.2) is 4.79 Å². The molecule has 4 heteroatoms. The molecule has 0 aliphatic heterocycles. The Morgan fingerprint density at radius 1 is 1.07 bits per heavy atom. The molecule has 0 fully saturated rings. The lowest BCUT2D eigenvalue weighted by Gasteiger charge is -2.14. The van der Waals surface area contributed by atoms with E-state index in [0.29, 0.717) is 11.1 Å². The van der Waals surface area contributed by atoms with Crippen LogP contribution < -0.4 is 5.63 Å². The molecule has 1 N–H and O–H groups in total. The molecule has 1 heterocycles. The second-order valence-electron chi connectivity index (χ2n) is 7.68. The van der Waals surface area contributed by atoms with Gasteiger partial charge in [-0.15, -0.1) is 0 Å². The fourth-order valence-electron chi connectivity index (χ4n) is 3.52. The zero-order chi connectivity index (χ0) is 20.8. The van der Waals surface area contributed by atoms with Gasteiger partial charge in [0, 0.05) is 10.9 Å². The zero-order valence-corrected chi connectivity index (χ0v) is 17.4. The molecule has 2 aromatic carbocycles. The largest absolute Gasteiger partial charge is 0.424 e. The number of benzene rings is 2. The van der Waals surface area contributed by atoms with E-state index in [1.807, 2.05) is 30.3 Å². The molecule has 152 valence electrons. The van der Waals surface area contributed by atoms with E-state index in [1.165, 1.54) is 6.42 Å². The van der Waals surface area contributed by atoms with Crippen molar-refractivity contribution in [2.24, 2.45) is 0 Å². The number of fused-ring (bicyclic) bond motifs is 1. The summed E-state index contributed by atoms with van der Waals surface area (Å²) in [6, 6.07) is 15.5. The molecular weight excluding hydrogens is 362 g/mol. The predicted octanol–water partition coefficient (Wildman–Crippen LogP) is 5.26. The quantitative estimate of drug-likeness (QED) is 0.532. The van der Waals surface area contributed by atoms with Crippen molar-refractivity contribution in [2.75, 3.05) is 20.6 Å². The SMILES string of the molecule is CC(O)c1oc(=O)c2ccccc2c1-c1cccc(C=CCCCCN(C)C)c1. The summed E-state index contributed by atoms with van der Waals surface area (Å²) in [6.45, 7) is 2.73. The van der Waals surface area contributed by atoms with E-state index in [4.69, 9.17) is 4.42 Å². The highest BCUT2D eigenvalue weighted by molar-refractivity contribution is 5.97. The summed E-state index contributed by atoms with van der Waals surface area (Å²) in [7, 11) is 4.19. The molecule has 0 radical (unpaired) electrons. The molecule has 0 spiro atoms. The van der Waals surface area contributed by atoms with Gasteiger partial charge in [0.05, 0.1) is 5.39 Å². The van der Waals surface area contributed by atoms with E-state index < -0.39 is 11.7 Å². The van der Waals surface area contributed by atoms with E-state index in [9.17, 15) is 9.90 Å². The van der Waals surface area contributed by atoms with Gasteiger partial charge in [-0.05, 0) is 70.1 Å². The first kappa shape index (κ1) is 21.0. The lowest BCUT2D eigenvalue weighted by atomic mass is 9.95. The highest BCUT2D eigenvalue weighted by Gasteiger charge is 2.18. The number of hydrogen-bond acceptors (Lipinski definition) is 4. The first-order valence-electron chi connectivity index (χ1n) is 10.1. The van der Waals surface area contributed by atoms with Gasteiger partial charge in [0.25, 0.3) is 0 Å². The number of rotatable bonds is 8. The Morgan fingerprint density at radius 3 is 2.55 bits per heavy atom. The van der Waals surface area contributed by atoms with Gasteiger partial charge >= 0.3 is 5.63 Å². The number of nitrogens with zero attached hydrogens (tertiary/aromatic N) is 1. The molecule has 3 aromatic rings. The highest BCUT2D eigenvalue weighted by Crippen LogP contribution is 2.34. The monoisotopic (exact) mass is 391 g/mol. The molecule has 1 unspecified atom stereocenters. The van der Waals surface area contributed by atoms with Crippen molar-refractivity contribution in [3.05, 3.63) is 76.4 Å². The summed E-state index contributed by atoms with van der Waals surface area (Å²) in [4.78, 5) is 14.5. The Balaban J connectivity index is 1.93. The second-order valence-corrected chi connectivity index (χ2v) is 7.68. The van der Waals surface area contributed by atoms with Gasteiger partial charge in [-0.3, -0.25) is 0 Å². The first-order valence-corrected chi connectivity index (χ1v) is 10.1. The van der Waals surface area contributed by atoms with Crippen LogP contribution in [0.2, 0.25) is 0 Å². The molecule has 0 aliphatic rings. The fourth-order valence-corrected chi connectivity index (χ4v) is 3.52. The van der Waals surface area contributed by atoms with E-state index in [0.717, 1.165) is 41.5 Å². The van der Waals surface area contributed by atoms with Crippen molar-refractivity contribution in [3.8, 4) is 11.1 Å². The topological polar surface area (TPSA) is 53.7 Å². The highest BCUT2D eigenvalue weighted by atomic mass is 16.4. The number of aliphatic hydroxyl groups is 1. The van der Waals surface area contributed by atoms with Crippen LogP contribution in [-0.2, 0) is 0 Å². The molecule has 3 rings (SSSR count). The number of allylic oxidation sites excluding steroid dienone is 1. The summed E-state index contributed by atoms with van der Waals surface area (Å²) in [5, 5.41) is 11.5. The minimum Gasteiger partial charge on any atom is -0.424 e. The van der Waals surface area contributed by atoms with Crippen molar-refractivity contribution >= 4 is 16.8 Å². The zero-order valence-electron chi connectivity index (χ0n) is 17.4. The lowest BCUT2D eigenvalue weighted by Crippen LogP contribution is -2.12. The lowest BCUT2D eigenvalue weighted by molar-refractivity contribution is 0.166. The van der Waals surface area contributed by atoms with Crippen LogP contribution in [0.15, 0.2) is 63.8 Å². The maximum atomic E-state index is 12.3. The van der Waals surface area contributed by atoms with Crippen LogP contribution >= 0.6 is 0 Å². The van der Waals surface area contributed by atoms with E-state index in [-0.39, 0.29) is 0 Å². The van der Waals surface area contributed by atoms with Gasteiger partial charge in [0.2, 0.25) is 0 Å². The third-order valence-corrected chi connectivity index (χ3v) is 4.96. The van der Waals surface area contributed by atoms with E-state index in [1.54, 1.807) is 13.0 Å². The molecule has 0 amide bonds. The van der Waals surface area contributed by atoms with Gasteiger partial charge < -0.3 is 14.4 Å². The van der Waals surface area contributed by atoms with Crippen LogP contribution in [-0.4, -0.2) is 30.6 Å². The normalized spacial score (nSPS) is 12.9.